The molecule has 1 atom stereocenters. The molecule has 0 spiro atoms. The second-order valence-corrected chi connectivity index (χ2v) is 11.4. The van der Waals surface area contributed by atoms with Gasteiger partial charge in [0.1, 0.15) is 12.4 Å². The lowest BCUT2D eigenvalue weighted by Gasteiger charge is -2.26. The monoisotopic (exact) mass is 666 g/mol. The van der Waals surface area contributed by atoms with Crippen LogP contribution in [0, 0.1) is 0 Å². The minimum atomic E-state index is -5.01. The number of carbonyl (C=O) groups excluding carboxylic acids is 1. The smallest absolute Gasteiger partial charge is 0.434 e. The van der Waals surface area contributed by atoms with Crippen molar-refractivity contribution in [2.45, 2.75) is 25.7 Å². The largest absolute Gasteiger partial charge is 0.488 e. The maximum Gasteiger partial charge on any atom is 0.434 e. The average molecular weight is 668 g/mol. The van der Waals surface area contributed by atoms with Crippen molar-refractivity contribution in [1.29, 1.82) is 0 Å². The second kappa shape index (κ2) is 12.6. The van der Waals surface area contributed by atoms with Crippen LogP contribution in [0.5, 0.6) is 5.75 Å². The standard InChI is InChI=1S/C30H20Cl3F3N2O4S/c1-2-41-28(40)24-25(17-8-10-19(31)11-9-17)38-27(39)23(43-29(38)37-26(24)30(34,35)36)14-18-5-3-4-6-22(18)42-15-16-7-12-20(32)21(33)13-16/h3-14,25H,2,15H2,1H3/b23-14-/t25-/m1/s1. The highest BCUT2D eigenvalue weighted by Gasteiger charge is 2.45. The van der Waals surface area contributed by atoms with Gasteiger partial charge in [0.15, 0.2) is 10.5 Å². The minimum absolute atomic E-state index is 0.0786. The number of halogens is 6. The summed E-state index contributed by atoms with van der Waals surface area (Å²) in [5.41, 5.74) is -1.40. The number of para-hydroxylation sites is 1. The van der Waals surface area contributed by atoms with Crippen molar-refractivity contribution < 1.29 is 27.4 Å². The van der Waals surface area contributed by atoms with E-state index >= 15 is 0 Å². The number of benzene rings is 3. The molecule has 0 bridgehead atoms. The van der Waals surface area contributed by atoms with Crippen LogP contribution in [0.2, 0.25) is 15.1 Å². The number of fused-ring (bicyclic) bond motifs is 1. The fraction of sp³-hybridized carbons (Fsp3) is 0.167. The Morgan fingerprint density at radius 1 is 1.05 bits per heavy atom. The van der Waals surface area contributed by atoms with Crippen LogP contribution in [0.3, 0.4) is 0 Å². The first-order valence-electron chi connectivity index (χ1n) is 12.7. The lowest BCUT2D eigenvalue weighted by atomic mass is 9.95. The summed E-state index contributed by atoms with van der Waals surface area (Å²) >= 11 is 18.9. The summed E-state index contributed by atoms with van der Waals surface area (Å²) in [6.45, 7) is 1.43. The van der Waals surface area contributed by atoms with Crippen molar-refractivity contribution >= 4 is 58.2 Å². The molecule has 0 amide bonds. The number of alkyl halides is 3. The molecular formula is C30H20Cl3F3N2O4S. The van der Waals surface area contributed by atoms with Crippen LogP contribution in [-0.2, 0) is 16.1 Å². The van der Waals surface area contributed by atoms with Gasteiger partial charge in [-0.25, -0.2) is 9.79 Å². The molecule has 0 saturated heterocycles. The van der Waals surface area contributed by atoms with Gasteiger partial charge in [0.2, 0.25) is 0 Å². The van der Waals surface area contributed by atoms with Crippen LogP contribution in [0.25, 0.3) is 6.08 Å². The second-order valence-electron chi connectivity index (χ2n) is 9.19. The van der Waals surface area contributed by atoms with Crippen molar-refractivity contribution in [2.75, 3.05) is 6.61 Å². The summed E-state index contributed by atoms with van der Waals surface area (Å²) in [5.74, 6) is -0.814. The molecule has 0 N–H and O–H groups in total. The number of nitrogens with zero attached hydrogens (tertiary/aromatic N) is 2. The van der Waals surface area contributed by atoms with Gasteiger partial charge in [-0.05, 0) is 54.5 Å². The molecule has 1 aliphatic rings. The molecule has 4 aromatic rings. The molecule has 1 aliphatic heterocycles. The number of hydrogen-bond donors (Lipinski definition) is 0. The zero-order chi connectivity index (χ0) is 30.9. The summed E-state index contributed by atoms with van der Waals surface area (Å²) in [7, 11) is 0. The summed E-state index contributed by atoms with van der Waals surface area (Å²) in [4.78, 5) is 30.4. The number of carbonyl (C=O) groups is 1. The van der Waals surface area contributed by atoms with E-state index in [4.69, 9.17) is 44.3 Å². The summed E-state index contributed by atoms with van der Waals surface area (Å²) < 4.78 is 55.1. The Balaban J connectivity index is 1.65. The van der Waals surface area contributed by atoms with Gasteiger partial charge in [0, 0.05) is 10.6 Å². The van der Waals surface area contributed by atoms with E-state index < -0.39 is 35.0 Å². The molecule has 0 fully saturated rings. The highest BCUT2D eigenvalue weighted by Crippen LogP contribution is 2.38. The highest BCUT2D eigenvalue weighted by molar-refractivity contribution is 7.07. The molecule has 13 heteroatoms. The quantitative estimate of drug-likeness (QED) is 0.202. The molecule has 3 aromatic carbocycles. The van der Waals surface area contributed by atoms with Crippen molar-refractivity contribution in [2.24, 2.45) is 4.99 Å². The molecule has 0 saturated carbocycles. The van der Waals surface area contributed by atoms with E-state index in [0.717, 1.165) is 21.5 Å². The van der Waals surface area contributed by atoms with Gasteiger partial charge in [-0.2, -0.15) is 13.2 Å². The molecule has 6 nitrogen and oxygen atoms in total. The minimum Gasteiger partial charge on any atom is -0.488 e. The molecule has 222 valence electrons. The number of esters is 1. The van der Waals surface area contributed by atoms with Gasteiger partial charge < -0.3 is 9.47 Å². The predicted octanol–water partition coefficient (Wildman–Crippen LogP) is 6.88. The van der Waals surface area contributed by atoms with Crippen LogP contribution in [0.15, 0.2) is 87.8 Å². The van der Waals surface area contributed by atoms with Crippen molar-refractivity contribution in [3.63, 3.8) is 0 Å². The topological polar surface area (TPSA) is 69.9 Å². The summed E-state index contributed by atoms with van der Waals surface area (Å²) in [5, 5.41) is 1.09. The van der Waals surface area contributed by atoms with E-state index in [0.29, 0.717) is 26.4 Å². The van der Waals surface area contributed by atoms with Crippen LogP contribution in [0.1, 0.15) is 29.7 Å². The number of allylic oxidation sites excluding steroid dienone is 1. The molecule has 1 aromatic heterocycles. The van der Waals surface area contributed by atoms with E-state index in [9.17, 15) is 22.8 Å². The van der Waals surface area contributed by atoms with E-state index in [1.165, 1.54) is 37.3 Å². The third kappa shape index (κ3) is 6.52. The van der Waals surface area contributed by atoms with Crippen molar-refractivity contribution in [3.8, 4) is 5.75 Å². The third-order valence-corrected chi connectivity index (χ3v) is 8.34. The Labute approximate surface area is 261 Å². The molecule has 43 heavy (non-hydrogen) atoms. The average Bonchev–Trinajstić information content (AvgIpc) is 3.28. The van der Waals surface area contributed by atoms with Gasteiger partial charge in [-0.1, -0.05) is 82.5 Å². The number of hydrogen-bond acceptors (Lipinski definition) is 6. The first-order chi connectivity index (χ1) is 20.5. The fourth-order valence-corrected chi connectivity index (χ4v) is 5.90. The lowest BCUT2D eigenvalue weighted by molar-refractivity contribution is -0.140. The van der Waals surface area contributed by atoms with Gasteiger partial charge in [0.25, 0.3) is 5.56 Å². The molecule has 0 aliphatic carbocycles. The van der Waals surface area contributed by atoms with Gasteiger partial charge in [-0.3, -0.25) is 9.36 Å². The summed E-state index contributed by atoms with van der Waals surface area (Å²) in [6, 6.07) is 16.3. The number of aromatic nitrogens is 1. The molecular weight excluding hydrogens is 648 g/mol. The predicted molar refractivity (Wildman–Crippen MR) is 159 cm³/mol. The molecule has 0 radical (unpaired) electrons. The Bertz CT molecular complexity index is 1920. The zero-order valence-corrected chi connectivity index (χ0v) is 25.2. The van der Waals surface area contributed by atoms with Crippen LogP contribution in [-0.4, -0.2) is 23.3 Å². The summed E-state index contributed by atoms with van der Waals surface area (Å²) in [6.07, 6.45) is -3.50. The Hall–Kier alpha value is -3.57. The van der Waals surface area contributed by atoms with Gasteiger partial charge >= 0.3 is 12.1 Å². The number of thiazole rings is 1. The first-order valence-corrected chi connectivity index (χ1v) is 14.6. The van der Waals surface area contributed by atoms with Gasteiger partial charge in [-0.15, -0.1) is 0 Å². The first kappa shape index (κ1) is 30.9. The molecule has 5 rings (SSSR count). The molecule has 0 unspecified atom stereocenters. The fourth-order valence-electron chi connectivity index (χ4n) is 4.46. The van der Waals surface area contributed by atoms with Crippen molar-refractivity contribution in [3.05, 3.63) is 129 Å². The van der Waals surface area contributed by atoms with Crippen LogP contribution < -0.4 is 19.6 Å². The third-order valence-electron chi connectivity index (χ3n) is 6.36. The van der Waals surface area contributed by atoms with E-state index in [1.807, 2.05) is 0 Å². The highest BCUT2D eigenvalue weighted by atomic mass is 35.5. The Kier molecular flexibility index (Phi) is 9.03. The number of rotatable bonds is 7. The SMILES string of the molecule is CCOC(=O)C1=C(C(F)(F)F)N=c2s/c(=C\c3ccccc3OCc3ccc(Cl)c(Cl)c3)c(=O)n2[C@@H]1c1ccc(Cl)cc1. The number of ether oxygens (including phenoxy) is 2. The maximum absolute atomic E-state index is 14.3. The van der Waals surface area contributed by atoms with Crippen LogP contribution >= 0.6 is 46.1 Å². The van der Waals surface area contributed by atoms with E-state index in [-0.39, 0.29) is 28.1 Å². The van der Waals surface area contributed by atoms with Crippen molar-refractivity contribution in [1.82, 2.24) is 4.57 Å². The lowest BCUT2D eigenvalue weighted by Crippen LogP contribution is -2.41. The Morgan fingerprint density at radius 3 is 2.44 bits per heavy atom. The Morgan fingerprint density at radius 2 is 1.77 bits per heavy atom. The van der Waals surface area contributed by atoms with Gasteiger partial charge in [0.05, 0.1) is 32.8 Å². The van der Waals surface area contributed by atoms with E-state index in [1.54, 1.807) is 42.5 Å². The zero-order valence-electron chi connectivity index (χ0n) is 22.1. The van der Waals surface area contributed by atoms with Crippen LogP contribution in [0.4, 0.5) is 13.2 Å². The van der Waals surface area contributed by atoms with E-state index in [2.05, 4.69) is 4.99 Å². The maximum atomic E-state index is 14.3. The molecule has 2 heterocycles. The normalized spacial score (nSPS) is 15.2.